The molecule has 1 N–H and O–H groups in total. The molecule has 3 rings (SSSR count). The van der Waals surface area contributed by atoms with Crippen LogP contribution in [0.5, 0.6) is 0 Å². The average Bonchev–Trinajstić information content (AvgIpc) is 3.06. The van der Waals surface area contributed by atoms with Crippen LogP contribution in [0.15, 0.2) is 52.1 Å². The highest BCUT2D eigenvalue weighted by atomic mass is 79.9. The second kappa shape index (κ2) is 7.33. The van der Waals surface area contributed by atoms with Gasteiger partial charge < -0.3 is 5.32 Å². The first-order valence-corrected chi connectivity index (χ1v) is 9.17. The van der Waals surface area contributed by atoms with Gasteiger partial charge in [0.15, 0.2) is 0 Å². The molecule has 0 bridgehead atoms. The van der Waals surface area contributed by atoms with Gasteiger partial charge in [-0.05, 0) is 53.1 Å². The summed E-state index contributed by atoms with van der Waals surface area (Å²) in [5.74, 6) is -0.291. The molecule has 2 aromatic carbocycles. The van der Waals surface area contributed by atoms with Crippen molar-refractivity contribution in [2.75, 3.05) is 11.6 Å². The number of benzene rings is 2. The molecule has 0 aliphatic rings. The van der Waals surface area contributed by atoms with Gasteiger partial charge >= 0.3 is 0 Å². The van der Waals surface area contributed by atoms with E-state index in [0.29, 0.717) is 21.4 Å². The van der Waals surface area contributed by atoms with Crippen LogP contribution in [0.1, 0.15) is 10.4 Å². The van der Waals surface area contributed by atoms with Crippen molar-refractivity contribution in [1.29, 1.82) is 0 Å². The second-order valence-electron chi connectivity index (χ2n) is 4.71. The van der Waals surface area contributed by atoms with Crippen molar-refractivity contribution in [3.05, 3.63) is 57.5 Å². The van der Waals surface area contributed by atoms with Crippen molar-refractivity contribution in [2.45, 2.75) is 5.16 Å². The summed E-state index contributed by atoms with van der Waals surface area (Å²) in [4.78, 5) is 12.4. The van der Waals surface area contributed by atoms with E-state index in [9.17, 15) is 4.79 Å². The van der Waals surface area contributed by atoms with Gasteiger partial charge in [-0.15, -0.1) is 5.10 Å². The van der Waals surface area contributed by atoms with Crippen LogP contribution in [0, 0.1) is 0 Å². The quantitative estimate of drug-likeness (QED) is 0.640. The molecular weight excluding hydrogens is 414 g/mol. The third-order valence-corrected chi connectivity index (χ3v) is 4.59. The van der Waals surface area contributed by atoms with Crippen molar-refractivity contribution < 1.29 is 4.79 Å². The highest BCUT2D eigenvalue weighted by Crippen LogP contribution is 2.23. The minimum absolute atomic E-state index is 0.291. The maximum atomic E-state index is 12.4. The number of rotatable bonds is 4. The number of nitrogens with one attached hydrogen (secondary N) is 1. The van der Waals surface area contributed by atoms with Gasteiger partial charge in [-0.25, -0.2) is 0 Å². The van der Waals surface area contributed by atoms with E-state index >= 15 is 0 Å². The molecule has 0 aliphatic carbocycles. The van der Waals surface area contributed by atoms with Crippen LogP contribution in [-0.2, 0) is 0 Å². The Bertz CT molecular complexity index is 901. The molecule has 0 aliphatic heterocycles. The van der Waals surface area contributed by atoms with E-state index in [2.05, 4.69) is 36.8 Å². The van der Waals surface area contributed by atoms with E-state index in [1.165, 1.54) is 11.8 Å². The van der Waals surface area contributed by atoms with E-state index in [0.717, 1.165) is 10.2 Å². The van der Waals surface area contributed by atoms with Gasteiger partial charge in [-0.3, -0.25) is 4.79 Å². The Morgan fingerprint density at radius 3 is 2.92 bits per heavy atom. The monoisotopic (exact) mass is 423 g/mol. The molecular formula is C15H11BrClN5OS. The molecule has 0 spiro atoms. The Kier molecular flexibility index (Phi) is 5.17. The predicted octanol–water partition coefficient (Wildman–Crippen LogP) is 4.05. The topological polar surface area (TPSA) is 72.7 Å². The Balaban J connectivity index is 1.87. The van der Waals surface area contributed by atoms with Gasteiger partial charge in [0.1, 0.15) is 0 Å². The zero-order valence-corrected chi connectivity index (χ0v) is 15.6. The number of hydrogen-bond acceptors (Lipinski definition) is 5. The third-order valence-electron chi connectivity index (χ3n) is 3.15. The lowest BCUT2D eigenvalue weighted by atomic mass is 10.2. The number of hydrogen-bond donors (Lipinski definition) is 1. The van der Waals surface area contributed by atoms with E-state index < -0.39 is 0 Å². The summed E-state index contributed by atoms with van der Waals surface area (Å²) < 4.78 is 2.39. The van der Waals surface area contributed by atoms with Crippen LogP contribution < -0.4 is 5.32 Å². The first-order valence-electron chi connectivity index (χ1n) is 6.77. The minimum atomic E-state index is -0.291. The van der Waals surface area contributed by atoms with Crippen molar-refractivity contribution in [2.24, 2.45) is 0 Å². The number of tetrazole rings is 1. The van der Waals surface area contributed by atoms with Crippen LogP contribution in [0.3, 0.4) is 0 Å². The summed E-state index contributed by atoms with van der Waals surface area (Å²) in [6, 6.07) is 12.4. The maximum absolute atomic E-state index is 12.4. The lowest BCUT2D eigenvalue weighted by Crippen LogP contribution is -2.13. The van der Waals surface area contributed by atoms with Crippen molar-refractivity contribution in [3.8, 4) is 5.69 Å². The highest BCUT2D eigenvalue weighted by molar-refractivity contribution is 9.10. The standard InChI is InChI=1S/C15H11BrClN5OS/c1-24-15-19-20-21-22(15)11-4-2-3-10(8-11)18-14(23)12-7-9(16)5-6-13(12)17/h2-8H,1H3,(H,18,23). The zero-order chi connectivity index (χ0) is 17.1. The molecule has 9 heteroatoms. The Morgan fingerprint density at radius 1 is 1.29 bits per heavy atom. The number of amides is 1. The molecule has 1 heterocycles. The molecule has 0 unspecified atom stereocenters. The summed E-state index contributed by atoms with van der Waals surface area (Å²) >= 11 is 10.9. The summed E-state index contributed by atoms with van der Waals surface area (Å²) in [6.07, 6.45) is 1.89. The van der Waals surface area contributed by atoms with Crippen LogP contribution in [0.2, 0.25) is 5.02 Å². The predicted molar refractivity (Wildman–Crippen MR) is 98.0 cm³/mol. The first-order chi connectivity index (χ1) is 11.6. The van der Waals surface area contributed by atoms with E-state index in [1.54, 1.807) is 35.0 Å². The summed E-state index contributed by atoms with van der Waals surface area (Å²) in [6.45, 7) is 0. The van der Waals surface area contributed by atoms with E-state index in [4.69, 9.17) is 11.6 Å². The number of halogens is 2. The number of thioether (sulfide) groups is 1. The van der Waals surface area contributed by atoms with Gasteiger partial charge in [-0.2, -0.15) is 4.68 Å². The normalized spacial score (nSPS) is 10.6. The Morgan fingerprint density at radius 2 is 2.12 bits per heavy atom. The lowest BCUT2D eigenvalue weighted by molar-refractivity contribution is 0.102. The number of anilines is 1. The zero-order valence-electron chi connectivity index (χ0n) is 12.4. The van der Waals surface area contributed by atoms with Crippen molar-refractivity contribution in [1.82, 2.24) is 20.2 Å². The lowest BCUT2D eigenvalue weighted by Gasteiger charge is -2.09. The number of aromatic nitrogens is 4. The largest absolute Gasteiger partial charge is 0.322 e. The average molecular weight is 425 g/mol. The summed E-state index contributed by atoms with van der Waals surface area (Å²) in [7, 11) is 0. The number of carbonyl (C=O) groups excluding carboxylic acids is 1. The molecule has 1 aromatic heterocycles. The minimum Gasteiger partial charge on any atom is -0.322 e. The fourth-order valence-electron chi connectivity index (χ4n) is 2.05. The molecule has 3 aromatic rings. The van der Waals surface area contributed by atoms with E-state index in [1.807, 2.05) is 18.4 Å². The van der Waals surface area contributed by atoms with Gasteiger partial charge in [0.05, 0.1) is 16.3 Å². The number of nitrogens with zero attached hydrogens (tertiary/aromatic N) is 4. The fourth-order valence-corrected chi connectivity index (χ4v) is 3.05. The molecule has 0 radical (unpaired) electrons. The molecule has 0 atom stereocenters. The SMILES string of the molecule is CSc1nnnn1-c1cccc(NC(=O)c2cc(Br)ccc2Cl)c1. The van der Waals surface area contributed by atoms with Crippen LogP contribution in [0.4, 0.5) is 5.69 Å². The van der Waals surface area contributed by atoms with Crippen LogP contribution in [0.25, 0.3) is 5.69 Å². The smallest absolute Gasteiger partial charge is 0.257 e. The first kappa shape index (κ1) is 16.9. The molecule has 0 saturated carbocycles. The van der Waals surface area contributed by atoms with Gasteiger partial charge in [0, 0.05) is 10.2 Å². The fraction of sp³-hybridized carbons (Fsp3) is 0.0667. The third kappa shape index (κ3) is 3.61. The maximum Gasteiger partial charge on any atom is 0.257 e. The molecule has 1 amide bonds. The molecule has 24 heavy (non-hydrogen) atoms. The summed E-state index contributed by atoms with van der Waals surface area (Å²) in [5, 5.41) is 15.4. The Labute approximate surface area is 155 Å². The Hall–Kier alpha value is -1.90. The highest BCUT2D eigenvalue weighted by Gasteiger charge is 2.12. The molecule has 0 saturated heterocycles. The summed E-state index contributed by atoms with van der Waals surface area (Å²) in [5.41, 5.74) is 1.77. The van der Waals surface area contributed by atoms with Gasteiger partial charge in [0.25, 0.3) is 5.91 Å². The second-order valence-corrected chi connectivity index (χ2v) is 6.80. The van der Waals surface area contributed by atoms with Crippen LogP contribution in [-0.4, -0.2) is 32.4 Å². The molecule has 122 valence electrons. The van der Waals surface area contributed by atoms with E-state index in [-0.39, 0.29) is 5.91 Å². The molecule has 0 fully saturated rings. The van der Waals surface area contributed by atoms with Gasteiger partial charge in [0.2, 0.25) is 5.16 Å². The van der Waals surface area contributed by atoms with Crippen molar-refractivity contribution in [3.63, 3.8) is 0 Å². The van der Waals surface area contributed by atoms with Gasteiger partial charge in [-0.1, -0.05) is 45.4 Å². The van der Waals surface area contributed by atoms with Crippen LogP contribution >= 0.6 is 39.3 Å². The number of carbonyl (C=O) groups is 1. The molecule has 6 nitrogen and oxygen atoms in total. The van der Waals surface area contributed by atoms with Crippen molar-refractivity contribution >= 4 is 50.9 Å².